The van der Waals surface area contributed by atoms with Crippen molar-refractivity contribution in [3.05, 3.63) is 18.2 Å². The average Bonchev–Trinajstić information content (AvgIpc) is 2.94. The minimum atomic E-state index is -0.506. The summed E-state index contributed by atoms with van der Waals surface area (Å²) in [6, 6.07) is 6.45. The van der Waals surface area contributed by atoms with Crippen LogP contribution >= 0.6 is 0 Å². The van der Waals surface area contributed by atoms with Crippen LogP contribution in [0.5, 0.6) is 11.5 Å². The Morgan fingerprint density at radius 2 is 1.87 bits per heavy atom. The van der Waals surface area contributed by atoms with Crippen molar-refractivity contribution in [2.75, 3.05) is 18.4 Å². The third-order valence-electron chi connectivity index (χ3n) is 4.92. The summed E-state index contributed by atoms with van der Waals surface area (Å²) in [6.07, 6.45) is 3.60. The number of carbonyl (C=O) groups excluding carboxylic acids is 1. The molecule has 1 saturated heterocycles. The summed E-state index contributed by atoms with van der Waals surface area (Å²) in [6.45, 7) is 7.45. The first-order chi connectivity index (χ1) is 11.0. The minimum Gasteiger partial charge on any atom is -0.448 e. The van der Waals surface area contributed by atoms with Crippen LogP contribution < -0.4 is 14.8 Å². The number of likely N-dealkylation sites (tertiary alicyclic amines) is 1. The number of nitrogens with zero attached hydrogens (tertiary/aromatic N) is 1. The summed E-state index contributed by atoms with van der Waals surface area (Å²) in [7, 11) is 0. The molecule has 5 nitrogen and oxygen atoms in total. The largest absolute Gasteiger partial charge is 0.448 e. The fourth-order valence-corrected chi connectivity index (χ4v) is 3.30. The fourth-order valence-electron chi connectivity index (χ4n) is 3.30. The van der Waals surface area contributed by atoms with Crippen LogP contribution in [0.25, 0.3) is 0 Å². The Kier molecular flexibility index (Phi) is 4.37. The average molecular weight is 318 g/mol. The molecule has 126 valence electrons. The maximum absolute atomic E-state index is 11.4. The van der Waals surface area contributed by atoms with Gasteiger partial charge in [-0.1, -0.05) is 13.8 Å². The highest BCUT2D eigenvalue weighted by Crippen LogP contribution is 2.43. The molecule has 0 unspecified atom stereocenters. The van der Waals surface area contributed by atoms with E-state index in [-0.39, 0.29) is 5.91 Å². The number of hydrogen-bond donors (Lipinski definition) is 1. The molecule has 0 aromatic heterocycles. The number of fused-ring (bicyclic) bond motifs is 1. The van der Waals surface area contributed by atoms with Crippen LogP contribution in [0.2, 0.25) is 0 Å². The van der Waals surface area contributed by atoms with Gasteiger partial charge in [-0.05, 0) is 25.0 Å². The van der Waals surface area contributed by atoms with Crippen molar-refractivity contribution >= 4 is 11.6 Å². The number of benzene rings is 1. The molecular weight excluding hydrogens is 292 g/mol. The summed E-state index contributed by atoms with van der Waals surface area (Å²) in [5.41, 5.74) is 1.05. The van der Waals surface area contributed by atoms with Crippen molar-refractivity contribution in [3.63, 3.8) is 0 Å². The number of ether oxygens (including phenoxy) is 2. The first kappa shape index (κ1) is 16.0. The van der Waals surface area contributed by atoms with Crippen LogP contribution in [0, 0.1) is 0 Å². The molecule has 1 N–H and O–H groups in total. The van der Waals surface area contributed by atoms with Gasteiger partial charge in [-0.25, -0.2) is 0 Å². The monoisotopic (exact) mass is 318 g/mol. The van der Waals surface area contributed by atoms with Crippen LogP contribution in [0.4, 0.5) is 5.69 Å². The number of amides is 1. The molecule has 3 rings (SSSR count). The highest BCUT2D eigenvalue weighted by atomic mass is 16.7. The van der Waals surface area contributed by atoms with E-state index in [1.807, 2.05) is 23.1 Å². The second-order valence-corrected chi connectivity index (χ2v) is 6.41. The van der Waals surface area contributed by atoms with Gasteiger partial charge in [0.05, 0.1) is 0 Å². The summed E-state index contributed by atoms with van der Waals surface area (Å²) >= 11 is 0. The molecule has 23 heavy (non-hydrogen) atoms. The quantitative estimate of drug-likeness (QED) is 0.924. The van der Waals surface area contributed by atoms with E-state index in [1.165, 1.54) is 0 Å². The molecule has 5 heteroatoms. The normalized spacial score (nSPS) is 19.7. The van der Waals surface area contributed by atoms with Gasteiger partial charge in [0, 0.05) is 50.7 Å². The lowest BCUT2D eigenvalue weighted by Gasteiger charge is -2.32. The lowest BCUT2D eigenvalue weighted by Crippen LogP contribution is -2.41. The predicted molar refractivity (Wildman–Crippen MR) is 89.9 cm³/mol. The first-order valence-corrected chi connectivity index (χ1v) is 8.59. The van der Waals surface area contributed by atoms with Crippen molar-refractivity contribution in [2.45, 2.75) is 58.3 Å². The van der Waals surface area contributed by atoms with Gasteiger partial charge in [-0.3, -0.25) is 4.79 Å². The van der Waals surface area contributed by atoms with Crippen LogP contribution in [-0.4, -0.2) is 35.7 Å². The van der Waals surface area contributed by atoms with Gasteiger partial charge in [0.25, 0.3) is 5.79 Å². The van der Waals surface area contributed by atoms with Crippen LogP contribution in [-0.2, 0) is 4.79 Å². The Morgan fingerprint density at radius 3 is 2.48 bits per heavy atom. The molecule has 0 spiro atoms. The van der Waals surface area contributed by atoms with Crippen molar-refractivity contribution in [2.24, 2.45) is 0 Å². The van der Waals surface area contributed by atoms with E-state index < -0.39 is 5.79 Å². The topological polar surface area (TPSA) is 50.8 Å². The van der Waals surface area contributed by atoms with Gasteiger partial charge in [-0.2, -0.15) is 0 Å². The Hall–Kier alpha value is -1.91. The summed E-state index contributed by atoms with van der Waals surface area (Å²) < 4.78 is 12.0. The van der Waals surface area contributed by atoms with E-state index >= 15 is 0 Å². The molecule has 0 radical (unpaired) electrons. The molecule has 2 heterocycles. The highest BCUT2D eigenvalue weighted by molar-refractivity contribution is 5.73. The predicted octanol–water partition coefficient (Wildman–Crippen LogP) is 3.40. The Morgan fingerprint density at radius 1 is 1.22 bits per heavy atom. The zero-order chi connectivity index (χ0) is 16.4. The molecule has 0 saturated carbocycles. The maximum atomic E-state index is 11.4. The van der Waals surface area contributed by atoms with Gasteiger partial charge in [0.15, 0.2) is 11.5 Å². The van der Waals surface area contributed by atoms with Gasteiger partial charge in [0.1, 0.15) is 0 Å². The molecule has 1 aromatic carbocycles. The Bertz CT molecular complexity index is 576. The van der Waals surface area contributed by atoms with E-state index in [9.17, 15) is 4.79 Å². The van der Waals surface area contributed by atoms with E-state index in [4.69, 9.17) is 9.47 Å². The van der Waals surface area contributed by atoms with Crippen molar-refractivity contribution < 1.29 is 14.3 Å². The van der Waals surface area contributed by atoms with Gasteiger partial charge < -0.3 is 19.7 Å². The number of nitrogens with one attached hydrogen (secondary N) is 1. The van der Waals surface area contributed by atoms with E-state index in [1.54, 1.807) is 6.92 Å². The Balaban J connectivity index is 1.63. The molecule has 1 fully saturated rings. The molecule has 0 aliphatic carbocycles. The van der Waals surface area contributed by atoms with Crippen LogP contribution in [0.15, 0.2) is 18.2 Å². The van der Waals surface area contributed by atoms with E-state index in [0.29, 0.717) is 6.04 Å². The molecule has 0 bridgehead atoms. The number of piperidine rings is 1. The van der Waals surface area contributed by atoms with Gasteiger partial charge in [-0.15, -0.1) is 0 Å². The summed E-state index contributed by atoms with van der Waals surface area (Å²) in [5, 5.41) is 3.56. The number of rotatable bonds is 4. The van der Waals surface area contributed by atoms with Crippen molar-refractivity contribution in [1.29, 1.82) is 0 Å². The second-order valence-electron chi connectivity index (χ2n) is 6.41. The fraction of sp³-hybridized carbons (Fsp3) is 0.611. The number of hydrogen-bond acceptors (Lipinski definition) is 4. The molecule has 0 atom stereocenters. The molecular formula is C18H26N2O3. The minimum absolute atomic E-state index is 0.169. The SMILES string of the molecule is CCC1(CC)Oc2ccc(NC3CCN(C(C)=O)CC3)cc2O1. The third kappa shape index (κ3) is 3.23. The molecule has 2 aliphatic rings. The van der Waals surface area contributed by atoms with Gasteiger partial charge >= 0.3 is 0 Å². The van der Waals surface area contributed by atoms with Gasteiger partial charge in [0.2, 0.25) is 5.91 Å². The summed E-state index contributed by atoms with van der Waals surface area (Å²) in [4.78, 5) is 13.3. The molecule has 2 aliphatic heterocycles. The maximum Gasteiger partial charge on any atom is 0.251 e. The van der Waals surface area contributed by atoms with Crippen molar-refractivity contribution in [1.82, 2.24) is 4.90 Å². The summed E-state index contributed by atoms with van der Waals surface area (Å²) in [5.74, 6) is 1.31. The zero-order valence-corrected chi connectivity index (χ0v) is 14.2. The first-order valence-electron chi connectivity index (χ1n) is 8.59. The van der Waals surface area contributed by atoms with Crippen molar-refractivity contribution in [3.8, 4) is 11.5 Å². The standard InChI is InChI=1S/C18H26N2O3/c1-4-18(5-2)22-16-7-6-15(12-17(16)23-18)19-14-8-10-20(11-9-14)13(3)21/h6-7,12,14,19H,4-5,8-11H2,1-3H3. The second kappa shape index (κ2) is 6.30. The molecule has 1 amide bonds. The molecule has 1 aromatic rings. The van der Waals surface area contributed by atoms with E-state index in [0.717, 1.165) is 56.0 Å². The number of anilines is 1. The van der Waals surface area contributed by atoms with Crippen LogP contribution in [0.3, 0.4) is 0 Å². The lowest BCUT2D eigenvalue weighted by atomic mass is 10.0. The zero-order valence-electron chi connectivity index (χ0n) is 14.2. The lowest BCUT2D eigenvalue weighted by molar-refractivity contribution is -0.129. The third-order valence-corrected chi connectivity index (χ3v) is 4.92. The Labute approximate surface area is 137 Å². The number of carbonyl (C=O) groups is 1. The smallest absolute Gasteiger partial charge is 0.251 e. The van der Waals surface area contributed by atoms with Crippen LogP contribution in [0.1, 0.15) is 46.5 Å². The van der Waals surface area contributed by atoms with E-state index in [2.05, 4.69) is 19.2 Å². The highest BCUT2D eigenvalue weighted by Gasteiger charge is 2.38.